The molecule has 1 aliphatic rings. The van der Waals surface area contributed by atoms with Crippen molar-refractivity contribution in [3.8, 4) is 0 Å². The SMILES string of the molecule is CCc1ccccc1N1CC(c2nc3ccccc3n2Cc2c(F)cccc2Cl)CC1=O. The second-order valence-corrected chi connectivity index (χ2v) is 8.54. The smallest absolute Gasteiger partial charge is 0.227 e. The molecule has 0 aliphatic carbocycles. The van der Waals surface area contributed by atoms with Crippen LogP contribution < -0.4 is 4.90 Å². The van der Waals surface area contributed by atoms with Crippen LogP contribution in [-0.2, 0) is 17.8 Å². The fourth-order valence-corrected chi connectivity index (χ4v) is 4.82. The number of anilines is 1. The van der Waals surface area contributed by atoms with Crippen molar-refractivity contribution in [3.05, 3.63) is 94.5 Å². The molecule has 6 heteroatoms. The third kappa shape index (κ3) is 3.56. The van der Waals surface area contributed by atoms with E-state index in [1.807, 2.05) is 51.9 Å². The predicted molar refractivity (Wildman–Crippen MR) is 126 cm³/mol. The van der Waals surface area contributed by atoms with Crippen molar-refractivity contribution in [1.29, 1.82) is 0 Å². The highest BCUT2D eigenvalue weighted by molar-refractivity contribution is 6.31. The number of rotatable bonds is 5. The van der Waals surface area contributed by atoms with E-state index in [-0.39, 0.29) is 24.2 Å². The average Bonchev–Trinajstić information content (AvgIpc) is 3.36. The molecule has 32 heavy (non-hydrogen) atoms. The molecule has 0 saturated carbocycles. The zero-order chi connectivity index (χ0) is 22.2. The molecule has 162 valence electrons. The minimum Gasteiger partial charge on any atom is -0.323 e. The van der Waals surface area contributed by atoms with Gasteiger partial charge in [0, 0.05) is 35.2 Å². The number of fused-ring (bicyclic) bond motifs is 1. The molecule has 5 rings (SSSR count). The van der Waals surface area contributed by atoms with Gasteiger partial charge in [-0.25, -0.2) is 9.37 Å². The van der Waals surface area contributed by atoms with Crippen LogP contribution >= 0.6 is 11.6 Å². The van der Waals surface area contributed by atoms with E-state index < -0.39 is 0 Å². The molecule has 1 amide bonds. The molecule has 0 bridgehead atoms. The Hall–Kier alpha value is -3.18. The highest BCUT2D eigenvalue weighted by atomic mass is 35.5. The van der Waals surface area contributed by atoms with Gasteiger partial charge in [-0.05, 0) is 42.3 Å². The number of imidazole rings is 1. The van der Waals surface area contributed by atoms with Crippen LogP contribution in [0, 0.1) is 5.82 Å². The second kappa shape index (κ2) is 8.40. The van der Waals surface area contributed by atoms with Crippen LogP contribution in [0.2, 0.25) is 5.02 Å². The Bertz CT molecular complexity index is 1300. The molecule has 0 N–H and O–H groups in total. The zero-order valence-electron chi connectivity index (χ0n) is 17.8. The van der Waals surface area contributed by atoms with Gasteiger partial charge in [0.2, 0.25) is 5.91 Å². The number of benzene rings is 3. The molecule has 1 atom stereocenters. The topological polar surface area (TPSA) is 38.1 Å². The molecule has 4 aromatic rings. The summed E-state index contributed by atoms with van der Waals surface area (Å²) in [5, 5.41) is 0.384. The van der Waals surface area contributed by atoms with E-state index in [9.17, 15) is 9.18 Å². The standard InChI is InChI=1S/C26H23ClFN3O/c1-2-17-8-3-5-12-23(17)30-15-18(14-25(30)32)26-29-22-11-4-6-13-24(22)31(26)16-19-20(27)9-7-10-21(19)28/h3-13,18H,2,14-16H2,1H3. The summed E-state index contributed by atoms with van der Waals surface area (Å²) < 4.78 is 16.6. The largest absolute Gasteiger partial charge is 0.323 e. The van der Waals surface area contributed by atoms with E-state index in [2.05, 4.69) is 13.0 Å². The van der Waals surface area contributed by atoms with Gasteiger partial charge in [0.15, 0.2) is 0 Å². The fourth-order valence-electron chi connectivity index (χ4n) is 4.60. The van der Waals surface area contributed by atoms with Gasteiger partial charge in [-0.2, -0.15) is 0 Å². The summed E-state index contributed by atoms with van der Waals surface area (Å²) in [4.78, 5) is 19.8. The van der Waals surface area contributed by atoms with Crippen LogP contribution in [0.25, 0.3) is 11.0 Å². The Morgan fingerprint density at radius 1 is 1.06 bits per heavy atom. The number of carbonyl (C=O) groups excluding carboxylic acids is 1. The summed E-state index contributed by atoms with van der Waals surface area (Å²) in [6, 6.07) is 20.5. The van der Waals surface area contributed by atoms with Crippen molar-refractivity contribution >= 4 is 34.2 Å². The summed E-state index contributed by atoms with van der Waals surface area (Å²) in [5.74, 6) is 0.432. The summed E-state index contributed by atoms with van der Waals surface area (Å²) in [6.45, 7) is 2.90. The van der Waals surface area contributed by atoms with Gasteiger partial charge in [0.1, 0.15) is 11.6 Å². The monoisotopic (exact) mass is 447 g/mol. The Morgan fingerprint density at radius 2 is 1.84 bits per heavy atom. The quantitative estimate of drug-likeness (QED) is 0.378. The first-order valence-electron chi connectivity index (χ1n) is 10.8. The molecule has 3 aromatic carbocycles. The van der Waals surface area contributed by atoms with Gasteiger partial charge in [-0.3, -0.25) is 4.79 Å². The van der Waals surface area contributed by atoms with Crippen molar-refractivity contribution in [3.63, 3.8) is 0 Å². The molecule has 1 saturated heterocycles. The number of halogens is 2. The lowest BCUT2D eigenvalue weighted by Crippen LogP contribution is -2.25. The first-order chi connectivity index (χ1) is 15.6. The lowest BCUT2D eigenvalue weighted by Gasteiger charge is -2.20. The van der Waals surface area contributed by atoms with E-state index in [1.54, 1.807) is 12.1 Å². The Labute approximate surface area is 191 Å². The first-order valence-corrected chi connectivity index (χ1v) is 11.2. The minimum absolute atomic E-state index is 0.0819. The number of carbonyl (C=O) groups is 1. The molecule has 1 aromatic heterocycles. The molecule has 1 fully saturated rings. The van der Waals surface area contributed by atoms with Gasteiger partial charge in [0.05, 0.1) is 17.6 Å². The Kier molecular flexibility index (Phi) is 5.43. The number of hydrogen-bond donors (Lipinski definition) is 0. The van der Waals surface area contributed by atoms with Crippen LogP contribution in [0.4, 0.5) is 10.1 Å². The van der Waals surface area contributed by atoms with Gasteiger partial charge in [-0.1, -0.05) is 54.9 Å². The van der Waals surface area contributed by atoms with E-state index >= 15 is 0 Å². The number of aryl methyl sites for hydroxylation is 1. The van der Waals surface area contributed by atoms with Gasteiger partial charge in [0.25, 0.3) is 0 Å². The lowest BCUT2D eigenvalue weighted by molar-refractivity contribution is -0.117. The molecule has 1 unspecified atom stereocenters. The first kappa shape index (κ1) is 20.7. The van der Waals surface area contributed by atoms with Crippen molar-refractivity contribution in [2.45, 2.75) is 32.2 Å². The van der Waals surface area contributed by atoms with Crippen LogP contribution in [-0.4, -0.2) is 22.0 Å². The molecule has 2 heterocycles. The third-order valence-electron chi connectivity index (χ3n) is 6.22. The van der Waals surface area contributed by atoms with Crippen LogP contribution in [0.5, 0.6) is 0 Å². The third-order valence-corrected chi connectivity index (χ3v) is 6.57. The van der Waals surface area contributed by atoms with Crippen molar-refractivity contribution in [2.75, 3.05) is 11.4 Å². The maximum absolute atomic E-state index is 14.6. The number of nitrogens with zero attached hydrogens (tertiary/aromatic N) is 3. The van der Waals surface area contributed by atoms with Crippen molar-refractivity contribution < 1.29 is 9.18 Å². The molecule has 0 radical (unpaired) electrons. The minimum atomic E-state index is -0.345. The average molecular weight is 448 g/mol. The van der Waals surface area contributed by atoms with E-state index in [4.69, 9.17) is 16.6 Å². The predicted octanol–water partition coefficient (Wildman–Crippen LogP) is 5.96. The summed E-state index contributed by atoms with van der Waals surface area (Å²) in [6.07, 6.45) is 1.22. The van der Waals surface area contributed by atoms with E-state index in [1.165, 1.54) is 6.07 Å². The number of amides is 1. The molecule has 1 aliphatic heterocycles. The maximum Gasteiger partial charge on any atom is 0.227 e. The van der Waals surface area contributed by atoms with Crippen LogP contribution in [0.15, 0.2) is 66.7 Å². The normalized spacial score (nSPS) is 16.3. The summed E-state index contributed by atoms with van der Waals surface area (Å²) in [7, 11) is 0. The second-order valence-electron chi connectivity index (χ2n) is 8.13. The highest BCUT2D eigenvalue weighted by Gasteiger charge is 2.35. The molecular formula is C26H23ClFN3O. The zero-order valence-corrected chi connectivity index (χ0v) is 18.5. The summed E-state index contributed by atoms with van der Waals surface area (Å²) in [5.41, 5.74) is 4.27. The molecule has 4 nitrogen and oxygen atoms in total. The molecular weight excluding hydrogens is 425 g/mol. The van der Waals surface area contributed by atoms with Crippen LogP contribution in [0.1, 0.15) is 36.2 Å². The number of aromatic nitrogens is 2. The molecule has 0 spiro atoms. The van der Waals surface area contributed by atoms with E-state index in [0.29, 0.717) is 23.6 Å². The summed E-state index contributed by atoms with van der Waals surface area (Å²) >= 11 is 6.33. The van der Waals surface area contributed by atoms with E-state index in [0.717, 1.165) is 34.5 Å². The van der Waals surface area contributed by atoms with Gasteiger partial charge >= 0.3 is 0 Å². The van der Waals surface area contributed by atoms with Gasteiger partial charge in [-0.15, -0.1) is 0 Å². The maximum atomic E-state index is 14.6. The highest BCUT2D eigenvalue weighted by Crippen LogP contribution is 2.35. The van der Waals surface area contributed by atoms with Crippen LogP contribution in [0.3, 0.4) is 0 Å². The fraction of sp³-hybridized carbons (Fsp3) is 0.231. The van der Waals surface area contributed by atoms with Crippen molar-refractivity contribution in [2.24, 2.45) is 0 Å². The number of hydrogen-bond acceptors (Lipinski definition) is 2. The lowest BCUT2D eigenvalue weighted by atomic mass is 10.1. The van der Waals surface area contributed by atoms with Gasteiger partial charge < -0.3 is 9.47 Å². The number of para-hydroxylation sites is 3. The van der Waals surface area contributed by atoms with Crippen molar-refractivity contribution in [1.82, 2.24) is 9.55 Å². The Morgan fingerprint density at radius 3 is 2.66 bits per heavy atom. The Balaban J connectivity index is 1.56.